The van der Waals surface area contributed by atoms with Gasteiger partial charge in [-0.15, -0.1) is 0 Å². The number of nitrogens with zero attached hydrogens (tertiary/aromatic N) is 3. The van der Waals surface area contributed by atoms with E-state index in [-0.39, 0.29) is 11.8 Å². The van der Waals surface area contributed by atoms with Crippen LogP contribution in [0.5, 0.6) is 0 Å². The van der Waals surface area contributed by atoms with E-state index in [0.717, 1.165) is 6.42 Å². The fourth-order valence-corrected chi connectivity index (χ4v) is 0.784. The average molecular weight is 125 g/mol. The normalized spacial score (nSPS) is 30.8. The fourth-order valence-electron chi connectivity index (χ4n) is 0.784. The lowest BCUT2D eigenvalue weighted by Crippen LogP contribution is -1.94. The summed E-state index contributed by atoms with van der Waals surface area (Å²) in [5, 5.41) is 2.98. The summed E-state index contributed by atoms with van der Waals surface area (Å²) in [7, 11) is 0. The largest absolute Gasteiger partial charge is 0.292 e. The Balaban J connectivity index is 2.45. The van der Waals surface area contributed by atoms with Crippen molar-refractivity contribution in [1.82, 2.24) is 0 Å². The van der Waals surface area contributed by atoms with Crippen LogP contribution in [0.2, 0.25) is 0 Å². The number of azide groups is 1. The Morgan fingerprint density at radius 1 is 1.89 bits per heavy atom. The molecule has 48 valence electrons. The highest BCUT2D eigenvalue weighted by atomic mass is 16.2. The molecule has 0 aromatic rings. The molecule has 1 rings (SSSR count). The molecule has 9 heavy (non-hydrogen) atoms. The van der Waals surface area contributed by atoms with Gasteiger partial charge >= 0.3 is 0 Å². The Morgan fingerprint density at radius 3 is 2.78 bits per heavy atom. The second-order valence-electron chi connectivity index (χ2n) is 2.35. The third kappa shape index (κ3) is 1.21. The third-order valence-corrected chi connectivity index (χ3v) is 1.57. The molecule has 0 unspecified atom stereocenters. The minimum absolute atomic E-state index is 0.0286. The zero-order valence-corrected chi connectivity index (χ0v) is 5.11. The Labute approximate surface area is 52.5 Å². The molecule has 1 saturated carbocycles. The van der Waals surface area contributed by atoms with Crippen molar-refractivity contribution in [3.05, 3.63) is 10.4 Å². The van der Waals surface area contributed by atoms with Gasteiger partial charge in [0.25, 0.3) is 0 Å². The van der Waals surface area contributed by atoms with E-state index in [9.17, 15) is 4.79 Å². The summed E-state index contributed by atoms with van der Waals surface area (Å²) >= 11 is 0. The molecule has 0 spiro atoms. The van der Waals surface area contributed by atoms with Crippen molar-refractivity contribution in [1.29, 1.82) is 0 Å². The first-order valence-electron chi connectivity index (χ1n) is 2.84. The van der Waals surface area contributed by atoms with E-state index in [0.29, 0.717) is 5.92 Å². The number of rotatable bonds is 1. The molecular weight excluding hydrogens is 118 g/mol. The van der Waals surface area contributed by atoms with Crippen LogP contribution < -0.4 is 0 Å². The zero-order valence-electron chi connectivity index (χ0n) is 5.11. The molecule has 0 heterocycles. The first-order valence-corrected chi connectivity index (χ1v) is 2.84. The van der Waals surface area contributed by atoms with Crippen LogP contribution in [0.3, 0.4) is 0 Å². The number of amides is 1. The highest BCUT2D eigenvalue weighted by Gasteiger charge is 2.38. The molecule has 1 aliphatic rings. The highest BCUT2D eigenvalue weighted by molar-refractivity contribution is 5.82. The summed E-state index contributed by atoms with van der Waals surface area (Å²) in [6.45, 7) is 1.97. The SMILES string of the molecule is C[C@@H]1C[C@H]1C(=O)N=[N+]=[N-]. The van der Waals surface area contributed by atoms with Crippen LogP contribution in [0.25, 0.3) is 10.4 Å². The third-order valence-electron chi connectivity index (χ3n) is 1.57. The molecule has 0 aromatic heterocycles. The first-order chi connectivity index (χ1) is 4.25. The van der Waals surface area contributed by atoms with E-state index >= 15 is 0 Å². The maximum atomic E-state index is 10.6. The van der Waals surface area contributed by atoms with Crippen LogP contribution in [0.4, 0.5) is 0 Å². The van der Waals surface area contributed by atoms with Gasteiger partial charge in [-0.2, -0.15) is 0 Å². The predicted molar refractivity (Wildman–Crippen MR) is 31.4 cm³/mol. The molecule has 1 amide bonds. The summed E-state index contributed by atoms with van der Waals surface area (Å²) in [5.74, 6) is 0.161. The topological polar surface area (TPSA) is 65.8 Å². The van der Waals surface area contributed by atoms with Crippen molar-refractivity contribution >= 4 is 5.91 Å². The molecule has 0 aliphatic heterocycles. The molecular formula is C5H7N3O. The smallest absolute Gasteiger partial charge is 0.222 e. The van der Waals surface area contributed by atoms with Gasteiger partial charge in [-0.3, -0.25) is 4.79 Å². The van der Waals surface area contributed by atoms with E-state index in [2.05, 4.69) is 10.0 Å². The van der Waals surface area contributed by atoms with Gasteiger partial charge in [0, 0.05) is 10.8 Å². The van der Waals surface area contributed by atoms with Crippen molar-refractivity contribution in [2.45, 2.75) is 13.3 Å². The first kappa shape index (κ1) is 6.11. The van der Waals surface area contributed by atoms with Crippen molar-refractivity contribution in [2.24, 2.45) is 17.0 Å². The molecule has 0 bridgehead atoms. The van der Waals surface area contributed by atoms with Gasteiger partial charge in [0.05, 0.1) is 0 Å². The lowest BCUT2D eigenvalue weighted by molar-refractivity contribution is -0.119. The van der Waals surface area contributed by atoms with Crippen molar-refractivity contribution < 1.29 is 4.79 Å². The molecule has 1 aliphatic carbocycles. The second kappa shape index (κ2) is 2.07. The van der Waals surface area contributed by atoms with Gasteiger partial charge in [-0.25, -0.2) is 0 Å². The lowest BCUT2D eigenvalue weighted by atomic mass is 10.3. The van der Waals surface area contributed by atoms with Gasteiger partial charge in [-0.1, -0.05) is 6.92 Å². The Morgan fingerprint density at radius 2 is 2.44 bits per heavy atom. The summed E-state index contributed by atoms with van der Waals surface area (Å²) in [6.07, 6.45) is 0.887. The van der Waals surface area contributed by atoms with Crippen molar-refractivity contribution in [3.8, 4) is 0 Å². The summed E-state index contributed by atoms with van der Waals surface area (Å²) in [4.78, 5) is 13.0. The lowest BCUT2D eigenvalue weighted by Gasteiger charge is -1.81. The van der Waals surface area contributed by atoms with E-state index in [1.165, 1.54) is 0 Å². The monoisotopic (exact) mass is 125 g/mol. The highest BCUT2D eigenvalue weighted by Crippen LogP contribution is 2.38. The molecule has 2 atom stereocenters. The van der Waals surface area contributed by atoms with Gasteiger partial charge in [0.15, 0.2) is 0 Å². The molecule has 0 radical (unpaired) electrons. The number of carbonyl (C=O) groups excluding carboxylic acids is 1. The summed E-state index contributed by atoms with van der Waals surface area (Å²) in [5.41, 5.74) is 7.84. The van der Waals surface area contributed by atoms with Gasteiger partial charge < -0.3 is 0 Å². The van der Waals surface area contributed by atoms with Gasteiger partial charge in [0.1, 0.15) is 0 Å². The minimum Gasteiger partial charge on any atom is -0.292 e. The molecule has 0 aromatic carbocycles. The van der Waals surface area contributed by atoms with Crippen LogP contribution in [0, 0.1) is 11.8 Å². The van der Waals surface area contributed by atoms with Crippen molar-refractivity contribution in [2.75, 3.05) is 0 Å². The molecule has 1 fully saturated rings. The van der Waals surface area contributed by atoms with E-state index in [1.807, 2.05) is 6.92 Å². The fraction of sp³-hybridized carbons (Fsp3) is 0.800. The van der Waals surface area contributed by atoms with Crippen LogP contribution >= 0.6 is 0 Å². The number of hydrogen-bond acceptors (Lipinski definition) is 1. The quantitative estimate of drug-likeness (QED) is 0.297. The predicted octanol–water partition coefficient (Wildman–Crippen LogP) is 1.48. The molecule has 4 heteroatoms. The maximum absolute atomic E-state index is 10.6. The van der Waals surface area contributed by atoms with E-state index in [4.69, 9.17) is 5.53 Å². The number of carbonyl (C=O) groups is 1. The van der Waals surface area contributed by atoms with Crippen LogP contribution in [-0.4, -0.2) is 5.91 Å². The number of hydrogen-bond donors (Lipinski definition) is 0. The Hall–Kier alpha value is -1.02. The van der Waals surface area contributed by atoms with E-state index in [1.54, 1.807) is 0 Å². The van der Waals surface area contributed by atoms with Crippen LogP contribution in [-0.2, 0) is 4.79 Å². The summed E-state index contributed by atoms with van der Waals surface area (Å²) < 4.78 is 0. The Kier molecular flexibility index (Phi) is 1.40. The molecule has 0 N–H and O–H groups in total. The standard InChI is InChI=1S/C5H7N3O/c1-3-2-4(3)5(9)7-8-6/h3-4H,2H2,1H3/t3-,4-/m1/s1. The average Bonchev–Trinajstić information content (AvgIpc) is 2.47. The molecule has 4 nitrogen and oxygen atoms in total. The summed E-state index contributed by atoms with van der Waals surface area (Å²) in [6, 6.07) is 0. The van der Waals surface area contributed by atoms with Gasteiger partial charge in [0.2, 0.25) is 5.91 Å². The zero-order chi connectivity index (χ0) is 6.85. The Bertz CT molecular complexity index is 183. The minimum atomic E-state index is -0.301. The van der Waals surface area contributed by atoms with Crippen LogP contribution in [0.15, 0.2) is 5.11 Å². The maximum Gasteiger partial charge on any atom is 0.222 e. The molecule has 0 saturated heterocycles. The second-order valence-corrected chi connectivity index (χ2v) is 2.35. The van der Waals surface area contributed by atoms with Crippen LogP contribution in [0.1, 0.15) is 13.3 Å². The van der Waals surface area contributed by atoms with Gasteiger partial charge in [-0.05, 0) is 23.0 Å². The van der Waals surface area contributed by atoms with Crippen molar-refractivity contribution in [3.63, 3.8) is 0 Å². The van der Waals surface area contributed by atoms with E-state index < -0.39 is 0 Å².